The Morgan fingerprint density at radius 1 is 0.859 bits per heavy atom. The summed E-state index contributed by atoms with van der Waals surface area (Å²) in [6.07, 6.45) is -19.3. The second kappa shape index (κ2) is 20.7. The molecule has 3 fully saturated rings. The first-order valence-corrected chi connectivity index (χ1v) is 20.8. The predicted molar refractivity (Wildman–Crippen MR) is 208 cm³/mol. The van der Waals surface area contributed by atoms with E-state index in [1.165, 1.54) is 6.92 Å². The van der Waals surface area contributed by atoms with E-state index < -0.39 is 192 Å². The maximum atomic E-state index is 14.3. The van der Waals surface area contributed by atoms with Crippen molar-refractivity contribution >= 4 is 51.7 Å². The van der Waals surface area contributed by atoms with Gasteiger partial charge >= 0.3 is 10.4 Å². The number of phenols is 1. The average molecular weight is 937 g/mol. The summed E-state index contributed by atoms with van der Waals surface area (Å²) in [5.74, 6) is -12.3. The maximum Gasteiger partial charge on any atom is 0.446 e. The van der Waals surface area contributed by atoms with Crippen LogP contribution in [0.1, 0.15) is 44.8 Å². The van der Waals surface area contributed by atoms with E-state index in [0.29, 0.717) is 15.9 Å². The number of primary amides is 1. The molecule has 0 saturated carbocycles. The Labute approximate surface area is 363 Å². The number of nitrogens with two attached hydrogens (primary N) is 2. The van der Waals surface area contributed by atoms with Crippen LogP contribution in [0.15, 0.2) is 18.2 Å². The van der Waals surface area contributed by atoms with Gasteiger partial charge < -0.3 is 92.7 Å². The Morgan fingerprint density at radius 2 is 1.47 bits per heavy atom. The van der Waals surface area contributed by atoms with Gasteiger partial charge in [0.1, 0.15) is 48.5 Å². The van der Waals surface area contributed by atoms with Crippen LogP contribution in [0, 0.1) is 5.92 Å². The van der Waals surface area contributed by atoms with Crippen LogP contribution < -0.4 is 36.9 Å². The fraction of sp³-hybridized carbons (Fsp3) is 0.629. The molecule has 15 atom stereocenters. The van der Waals surface area contributed by atoms with E-state index in [9.17, 15) is 87.9 Å². The lowest BCUT2D eigenvalue weighted by Gasteiger charge is -2.34. The minimum absolute atomic E-state index is 0.513. The summed E-state index contributed by atoms with van der Waals surface area (Å²) < 4.78 is 36.2. The molecule has 7 amide bonds. The third-order valence-electron chi connectivity index (χ3n) is 10.8. The topological polar surface area (TPSA) is 472 Å². The minimum Gasteiger partial charge on any atom is -0.504 e. The number of aliphatic hydroxyl groups is 8. The summed E-state index contributed by atoms with van der Waals surface area (Å²) in [5, 5.41) is 106. The van der Waals surface area contributed by atoms with Crippen molar-refractivity contribution in [3.63, 3.8) is 0 Å². The van der Waals surface area contributed by atoms with Crippen molar-refractivity contribution in [1.29, 1.82) is 0 Å². The number of rotatable bonds is 9. The summed E-state index contributed by atoms with van der Waals surface area (Å²) in [4.78, 5) is 96.6. The van der Waals surface area contributed by atoms with E-state index in [1.54, 1.807) is 0 Å². The summed E-state index contributed by atoms with van der Waals surface area (Å²) in [5.41, 5.74) is 10.6. The molecule has 3 heterocycles. The van der Waals surface area contributed by atoms with E-state index in [0.717, 1.165) is 19.1 Å². The van der Waals surface area contributed by atoms with Crippen molar-refractivity contribution in [1.82, 2.24) is 31.1 Å². The maximum absolute atomic E-state index is 14.3. The normalized spacial score (nSPS) is 32.4. The van der Waals surface area contributed by atoms with Crippen LogP contribution in [-0.4, -0.2) is 202 Å². The van der Waals surface area contributed by atoms with Gasteiger partial charge in [0.15, 0.2) is 17.7 Å². The van der Waals surface area contributed by atoms with Gasteiger partial charge in [-0.2, -0.15) is 8.42 Å². The summed E-state index contributed by atoms with van der Waals surface area (Å²) in [6, 6.07) is -10.1. The Morgan fingerprint density at radius 3 is 2.06 bits per heavy atom. The van der Waals surface area contributed by atoms with E-state index >= 15 is 0 Å². The number of fused-ring (bicyclic) bond motifs is 2. The van der Waals surface area contributed by atoms with Gasteiger partial charge in [-0.3, -0.25) is 38.1 Å². The van der Waals surface area contributed by atoms with Crippen LogP contribution in [0.25, 0.3) is 0 Å². The Kier molecular flexibility index (Phi) is 16.6. The van der Waals surface area contributed by atoms with Crippen molar-refractivity contribution in [2.75, 3.05) is 13.1 Å². The predicted octanol–water partition coefficient (Wildman–Crippen LogP) is -9.26. The molecule has 64 heavy (non-hydrogen) atoms. The number of aliphatic hydroxyl groups excluding tert-OH is 8. The molecule has 15 unspecified atom stereocenters. The quantitative estimate of drug-likeness (QED) is 0.102. The highest BCUT2D eigenvalue weighted by Gasteiger charge is 2.50. The van der Waals surface area contributed by atoms with E-state index in [2.05, 4.69) is 14.8 Å². The second-order valence-corrected chi connectivity index (χ2v) is 16.8. The molecule has 0 spiro atoms. The van der Waals surface area contributed by atoms with Crippen LogP contribution in [-0.2, 0) is 44.0 Å². The van der Waals surface area contributed by atoms with Gasteiger partial charge in [0.05, 0.1) is 30.8 Å². The van der Waals surface area contributed by atoms with Gasteiger partial charge in [0.25, 0.3) is 0 Å². The Hall–Kier alpha value is -5.34. The number of benzene rings is 1. The Bertz CT molecular complexity index is 2060. The number of aromatic hydroxyl groups is 1. The highest BCUT2D eigenvalue weighted by Crippen LogP contribution is 2.32. The SMILES string of the molecule is CC(O)C1NC(=O)CC(N)C(O)C(O)NC(=O)C2C(O)C(C)CN2C(=O)C(C(O)CC(N)=O)NC(=O)C(C(O)C(O)c2ccc(O)c(OS(=O)(=O)O)c2)NC(=O)C2CC(O)CN2C1=O. The average Bonchev–Trinajstić information content (AvgIpc) is 3.74. The van der Waals surface area contributed by atoms with Crippen LogP contribution in [0.5, 0.6) is 11.5 Å². The lowest BCUT2D eigenvalue weighted by Crippen LogP contribution is -2.64. The number of carbonyl (C=O) groups is 7. The molecular weight excluding hydrogens is 884 g/mol. The smallest absolute Gasteiger partial charge is 0.446 e. The van der Waals surface area contributed by atoms with Gasteiger partial charge in [-0.1, -0.05) is 13.0 Å². The molecule has 0 radical (unpaired) electrons. The molecule has 0 aliphatic carbocycles. The first kappa shape index (κ1) is 51.3. The van der Waals surface area contributed by atoms with Gasteiger partial charge in [0.2, 0.25) is 41.4 Å². The number of nitrogens with zero attached hydrogens (tertiary/aromatic N) is 2. The molecule has 1 aromatic carbocycles. The number of hydrogen-bond donors (Lipinski definition) is 16. The third-order valence-corrected chi connectivity index (χ3v) is 11.2. The van der Waals surface area contributed by atoms with Crippen molar-refractivity contribution in [2.24, 2.45) is 17.4 Å². The lowest BCUT2D eigenvalue weighted by molar-refractivity contribution is -0.149. The molecule has 3 saturated heterocycles. The molecule has 28 nitrogen and oxygen atoms in total. The lowest BCUT2D eigenvalue weighted by atomic mass is 9.96. The summed E-state index contributed by atoms with van der Waals surface area (Å²) >= 11 is 0. The Balaban J connectivity index is 1.88. The fourth-order valence-corrected chi connectivity index (χ4v) is 7.80. The molecule has 0 bridgehead atoms. The van der Waals surface area contributed by atoms with Crippen molar-refractivity contribution in [3.05, 3.63) is 23.8 Å². The highest BCUT2D eigenvalue weighted by atomic mass is 32.3. The standard InChI is InChI=1S/C35H52N8O20S/c1-11-9-43-25(26(11)50)32(56)41-33(57)28(52)15(36)7-21(49)38-22(12(2)44)34(58)42-10-14(45)6-16(42)30(54)40-24(31(55)39-23(35(43)59)18(47)8-20(37)48)29(53)27(51)13-3-4-17(46)19(5-13)63-64(60,61)62/h3-5,11-12,14-16,18,22-29,33,44-47,50-53,57H,6-10,36H2,1-2H3,(H2,37,48)(H,38,49)(H,39,55)(H,40,54)(H,41,56)(H,60,61,62). The number of carbonyl (C=O) groups excluding carboxylic acids is 7. The molecule has 3 aliphatic rings. The van der Waals surface area contributed by atoms with Crippen molar-refractivity contribution < 1.29 is 96.7 Å². The van der Waals surface area contributed by atoms with Crippen LogP contribution >= 0.6 is 0 Å². The largest absolute Gasteiger partial charge is 0.504 e. The first-order valence-electron chi connectivity index (χ1n) is 19.4. The number of nitrogens with one attached hydrogen (secondary N) is 4. The molecule has 1 aromatic rings. The van der Waals surface area contributed by atoms with E-state index in [1.807, 2.05) is 10.6 Å². The molecular formula is C35H52N8O20S. The molecule has 18 N–H and O–H groups in total. The number of hydrogen-bond acceptors (Lipinski definition) is 20. The monoisotopic (exact) mass is 936 g/mol. The molecule has 3 aliphatic heterocycles. The first-order chi connectivity index (χ1) is 29.6. The zero-order chi connectivity index (χ0) is 48.3. The minimum atomic E-state index is -5.30. The molecule has 4 rings (SSSR count). The number of phenolic OH excluding ortho intramolecular Hbond substituents is 1. The summed E-state index contributed by atoms with van der Waals surface area (Å²) in [6.45, 7) is 1.27. The van der Waals surface area contributed by atoms with Gasteiger partial charge in [-0.05, 0) is 24.6 Å². The van der Waals surface area contributed by atoms with Crippen molar-refractivity contribution in [3.8, 4) is 11.5 Å². The van der Waals surface area contributed by atoms with Gasteiger partial charge in [-0.15, -0.1) is 0 Å². The number of amides is 7. The second-order valence-electron chi connectivity index (χ2n) is 15.8. The fourth-order valence-electron chi connectivity index (χ4n) is 7.44. The van der Waals surface area contributed by atoms with Crippen molar-refractivity contribution in [2.45, 2.75) is 118 Å². The zero-order valence-electron chi connectivity index (χ0n) is 33.9. The van der Waals surface area contributed by atoms with Gasteiger partial charge in [-0.25, -0.2) is 0 Å². The van der Waals surface area contributed by atoms with Crippen LogP contribution in [0.2, 0.25) is 0 Å². The van der Waals surface area contributed by atoms with E-state index in [4.69, 9.17) is 16.0 Å². The molecule has 29 heteroatoms. The molecule has 0 aromatic heterocycles. The highest BCUT2D eigenvalue weighted by molar-refractivity contribution is 7.81. The van der Waals surface area contributed by atoms with E-state index in [-0.39, 0.29) is 0 Å². The van der Waals surface area contributed by atoms with Gasteiger partial charge in [0, 0.05) is 37.9 Å². The van der Waals surface area contributed by atoms with Crippen LogP contribution in [0.3, 0.4) is 0 Å². The third kappa shape index (κ3) is 12.1. The van der Waals surface area contributed by atoms with Crippen LogP contribution in [0.4, 0.5) is 0 Å². The molecule has 358 valence electrons. The summed E-state index contributed by atoms with van der Waals surface area (Å²) in [7, 11) is -5.30. The zero-order valence-corrected chi connectivity index (χ0v) is 34.8.